The second-order valence-electron chi connectivity index (χ2n) is 5.51. The van der Waals surface area contributed by atoms with Gasteiger partial charge < -0.3 is 5.32 Å². The van der Waals surface area contributed by atoms with Gasteiger partial charge >= 0.3 is 0 Å². The summed E-state index contributed by atoms with van der Waals surface area (Å²) < 4.78 is 2.00. The van der Waals surface area contributed by atoms with Crippen LogP contribution in [0, 0.1) is 12.8 Å². The zero-order valence-electron chi connectivity index (χ0n) is 12.1. The average Bonchev–Trinajstić information content (AvgIpc) is 2.77. The maximum atomic E-state index is 4.36. The van der Waals surface area contributed by atoms with E-state index in [0.717, 1.165) is 19.6 Å². The van der Waals surface area contributed by atoms with E-state index < -0.39 is 0 Å². The molecule has 0 fully saturated rings. The number of rotatable bonds is 6. The monoisotopic (exact) mass is 257 g/mol. The molecule has 1 heterocycles. The molecule has 1 aromatic heterocycles. The Labute approximate surface area is 115 Å². The minimum Gasteiger partial charge on any atom is -0.312 e. The predicted molar refractivity (Wildman–Crippen MR) is 79.1 cm³/mol. The van der Waals surface area contributed by atoms with E-state index in [1.165, 1.54) is 16.7 Å². The van der Waals surface area contributed by atoms with Gasteiger partial charge in [-0.3, -0.25) is 4.68 Å². The Morgan fingerprint density at radius 1 is 1.21 bits per heavy atom. The lowest BCUT2D eigenvalue weighted by atomic mass is 10.1. The maximum absolute atomic E-state index is 4.36. The lowest BCUT2D eigenvalue weighted by Gasteiger charge is -2.12. The lowest BCUT2D eigenvalue weighted by Crippen LogP contribution is -2.20. The number of nitrogens with one attached hydrogen (secondary N) is 1. The first-order chi connectivity index (χ1) is 9.15. The van der Waals surface area contributed by atoms with E-state index in [2.05, 4.69) is 61.6 Å². The molecule has 0 saturated heterocycles. The van der Waals surface area contributed by atoms with E-state index in [9.17, 15) is 0 Å². The van der Waals surface area contributed by atoms with Crippen LogP contribution in [-0.4, -0.2) is 16.3 Å². The van der Waals surface area contributed by atoms with Crippen molar-refractivity contribution in [1.29, 1.82) is 0 Å². The van der Waals surface area contributed by atoms with E-state index in [1.54, 1.807) is 0 Å². The quantitative estimate of drug-likeness (QED) is 0.862. The molecule has 0 spiro atoms. The van der Waals surface area contributed by atoms with Crippen LogP contribution in [0.15, 0.2) is 36.7 Å². The van der Waals surface area contributed by atoms with Gasteiger partial charge in [0.2, 0.25) is 0 Å². The second kappa shape index (κ2) is 6.53. The fourth-order valence-corrected chi connectivity index (χ4v) is 2.11. The minimum absolute atomic E-state index is 0.681. The standard InChI is InChI=1S/C16H23N3/c1-13(2)8-17-10-15-6-4-5-7-16(15)12-19-11-14(3)9-18-19/h4-7,9,11,13,17H,8,10,12H2,1-3H3. The van der Waals surface area contributed by atoms with E-state index in [-0.39, 0.29) is 0 Å². The Hall–Kier alpha value is -1.61. The van der Waals surface area contributed by atoms with Crippen LogP contribution in [0.1, 0.15) is 30.5 Å². The first-order valence-electron chi connectivity index (χ1n) is 6.91. The normalized spacial score (nSPS) is 11.2. The van der Waals surface area contributed by atoms with Gasteiger partial charge in [-0.25, -0.2) is 0 Å². The summed E-state index contributed by atoms with van der Waals surface area (Å²) >= 11 is 0. The van der Waals surface area contributed by atoms with Crippen molar-refractivity contribution in [2.75, 3.05) is 6.54 Å². The van der Waals surface area contributed by atoms with Crippen molar-refractivity contribution in [2.24, 2.45) is 5.92 Å². The van der Waals surface area contributed by atoms with Crippen molar-refractivity contribution in [1.82, 2.24) is 15.1 Å². The highest BCUT2D eigenvalue weighted by atomic mass is 15.3. The molecule has 102 valence electrons. The van der Waals surface area contributed by atoms with Crippen LogP contribution in [0.2, 0.25) is 0 Å². The molecular formula is C16H23N3. The van der Waals surface area contributed by atoms with Crippen molar-refractivity contribution < 1.29 is 0 Å². The molecule has 0 aliphatic carbocycles. The fraction of sp³-hybridized carbons (Fsp3) is 0.438. The molecular weight excluding hydrogens is 234 g/mol. The van der Waals surface area contributed by atoms with Crippen LogP contribution < -0.4 is 5.32 Å². The molecule has 0 atom stereocenters. The smallest absolute Gasteiger partial charge is 0.0662 e. The number of aryl methyl sites for hydroxylation is 1. The van der Waals surface area contributed by atoms with Crippen molar-refractivity contribution >= 4 is 0 Å². The Morgan fingerprint density at radius 3 is 2.58 bits per heavy atom. The topological polar surface area (TPSA) is 29.9 Å². The van der Waals surface area contributed by atoms with Gasteiger partial charge in [0.25, 0.3) is 0 Å². The molecule has 1 aromatic carbocycles. The Morgan fingerprint density at radius 2 is 1.95 bits per heavy atom. The van der Waals surface area contributed by atoms with Crippen LogP contribution >= 0.6 is 0 Å². The number of hydrogen-bond acceptors (Lipinski definition) is 2. The Balaban J connectivity index is 2.03. The molecule has 1 N–H and O–H groups in total. The van der Waals surface area contributed by atoms with Crippen LogP contribution in [-0.2, 0) is 13.1 Å². The van der Waals surface area contributed by atoms with E-state index in [4.69, 9.17) is 0 Å². The third-order valence-corrected chi connectivity index (χ3v) is 3.08. The number of nitrogens with zero attached hydrogens (tertiary/aromatic N) is 2. The van der Waals surface area contributed by atoms with Gasteiger partial charge in [0.05, 0.1) is 12.7 Å². The highest BCUT2D eigenvalue weighted by molar-refractivity contribution is 5.27. The summed E-state index contributed by atoms with van der Waals surface area (Å²) in [6, 6.07) is 8.57. The summed E-state index contributed by atoms with van der Waals surface area (Å²) in [6.07, 6.45) is 3.98. The lowest BCUT2D eigenvalue weighted by molar-refractivity contribution is 0.549. The first-order valence-corrected chi connectivity index (χ1v) is 6.91. The van der Waals surface area contributed by atoms with Gasteiger partial charge in [-0.2, -0.15) is 5.10 Å². The molecule has 0 unspecified atom stereocenters. The van der Waals surface area contributed by atoms with Crippen molar-refractivity contribution in [3.8, 4) is 0 Å². The second-order valence-corrected chi connectivity index (χ2v) is 5.51. The summed E-state index contributed by atoms with van der Waals surface area (Å²) in [5, 5.41) is 7.86. The molecule has 2 rings (SSSR count). The molecule has 0 aliphatic heterocycles. The summed E-state index contributed by atoms with van der Waals surface area (Å²) in [5.74, 6) is 0.681. The summed E-state index contributed by atoms with van der Waals surface area (Å²) in [6.45, 7) is 9.34. The molecule has 3 heteroatoms. The molecule has 0 radical (unpaired) electrons. The molecule has 2 aromatic rings. The summed E-state index contributed by atoms with van der Waals surface area (Å²) in [4.78, 5) is 0. The highest BCUT2D eigenvalue weighted by Gasteiger charge is 2.03. The van der Waals surface area contributed by atoms with Crippen molar-refractivity contribution in [3.05, 3.63) is 53.3 Å². The van der Waals surface area contributed by atoms with E-state index >= 15 is 0 Å². The highest BCUT2D eigenvalue weighted by Crippen LogP contribution is 2.11. The van der Waals surface area contributed by atoms with Gasteiger partial charge in [-0.1, -0.05) is 38.1 Å². The van der Waals surface area contributed by atoms with E-state index in [1.807, 2.05) is 10.9 Å². The van der Waals surface area contributed by atoms with Gasteiger partial charge in [0.15, 0.2) is 0 Å². The molecule has 0 amide bonds. The van der Waals surface area contributed by atoms with Crippen molar-refractivity contribution in [2.45, 2.75) is 33.9 Å². The predicted octanol–water partition coefficient (Wildman–Crippen LogP) is 2.99. The van der Waals surface area contributed by atoms with E-state index in [0.29, 0.717) is 5.92 Å². The largest absolute Gasteiger partial charge is 0.312 e. The van der Waals surface area contributed by atoms with Gasteiger partial charge in [0, 0.05) is 12.7 Å². The van der Waals surface area contributed by atoms with Gasteiger partial charge in [-0.15, -0.1) is 0 Å². The SMILES string of the molecule is Cc1cnn(Cc2ccccc2CNCC(C)C)c1. The molecule has 19 heavy (non-hydrogen) atoms. The number of hydrogen-bond donors (Lipinski definition) is 1. The summed E-state index contributed by atoms with van der Waals surface area (Å²) in [7, 11) is 0. The maximum Gasteiger partial charge on any atom is 0.0662 e. The van der Waals surface area contributed by atoms with Crippen LogP contribution in [0.4, 0.5) is 0 Å². The third-order valence-electron chi connectivity index (χ3n) is 3.08. The number of benzene rings is 1. The van der Waals surface area contributed by atoms with Crippen LogP contribution in [0.5, 0.6) is 0 Å². The molecule has 0 bridgehead atoms. The molecule has 0 saturated carbocycles. The van der Waals surface area contributed by atoms with Gasteiger partial charge in [0.1, 0.15) is 0 Å². The number of aromatic nitrogens is 2. The fourth-order valence-electron chi connectivity index (χ4n) is 2.11. The van der Waals surface area contributed by atoms with Crippen LogP contribution in [0.3, 0.4) is 0 Å². The third kappa shape index (κ3) is 4.21. The van der Waals surface area contributed by atoms with Crippen molar-refractivity contribution in [3.63, 3.8) is 0 Å². The Bertz CT molecular complexity index is 514. The zero-order valence-corrected chi connectivity index (χ0v) is 12.1. The minimum atomic E-state index is 0.681. The average molecular weight is 257 g/mol. The summed E-state index contributed by atoms with van der Waals surface area (Å²) in [5.41, 5.74) is 3.90. The Kier molecular flexibility index (Phi) is 4.74. The molecule has 0 aliphatic rings. The zero-order chi connectivity index (χ0) is 13.7. The molecule has 3 nitrogen and oxygen atoms in total. The first kappa shape index (κ1) is 13.8. The van der Waals surface area contributed by atoms with Gasteiger partial charge in [-0.05, 0) is 36.1 Å². The van der Waals surface area contributed by atoms with Crippen LogP contribution in [0.25, 0.3) is 0 Å².